The third kappa shape index (κ3) is 4.38. The number of methoxy groups -OCH3 is 1. The predicted molar refractivity (Wildman–Crippen MR) is 81.0 cm³/mol. The van der Waals surface area contributed by atoms with Crippen LogP contribution in [0.15, 0.2) is 22.7 Å². The van der Waals surface area contributed by atoms with Crippen LogP contribution in [0.25, 0.3) is 0 Å². The molecule has 0 aliphatic rings. The van der Waals surface area contributed by atoms with E-state index in [1.807, 2.05) is 7.05 Å². The minimum atomic E-state index is -0.0605. The Morgan fingerprint density at radius 2 is 2.06 bits per heavy atom. The topological polar surface area (TPSA) is 21.3 Å². The third-order valence-corrected chi connectivity index (χ3v) is 4.05. The number of rotatable bonds is 6. The number of aryl methyl sites for hydroxylation is 1. The molecule has 0 radical (unpaired) electrons. The molecule has 0 heterocycles. The summed E-state index contributed by atoms with van der Waals surface area (Å²) in [5, 5.41) is 3.41. The molecule has 0 fully saturated rings. The van der Waals surface area contributed by atoms with Gasteiger partial charge >= 0.3 is 0 Å². The van der Waals surface area contributed by atoms with E-state index in [4.69, 9.17) is 4.74 Å². The summed E-state index contributed by atoms with van der Waals surface area (Å²) in [6.07, 6.45) is 2.09. The van der Waals surface area contributed by atoms with Crippen molar-refractivity contribution in [2.75, 3.05) is 14.2 Å². The van der Waals surface area contributed by atoms with Crippen molar-refractivity contribution in [1.82, 2.24) is 5.32 Å². The van der Waals surface area contributed by atoms with E-state index in [-0.39, 0.29) is 5.60 Å². The van der Waals surface area contributed by atoms with Crippen LogP contribution in [0.5, 0.6) is 0 Å². The molecule has 1 N–H and O–H groups in total. The summed E-state index contributed by atoms with van der Waals surface area (Å²) in [6.45, 7) is 6.43. The Balaban J connectivity index is 2.80. The van der Waals surface area contributed by atoms with Gasteiger partial charge in [0.15, 0.2) is 0 Å². The molecule has 0 saturated heterocycles. The minimum absolute atomic E-state index is 0.0605. The van der Waals surface area contributed by atoms with Gasteiger partial charge in [-0.05, 0) is 63.9 Å². The Morgan fingerprint density at radius 1 is 1.39 bits per heavy atom. The van der Waals surface area contributed by atoms with Crippen LogP contribution >= 0.6 is 15.9 Å². The van der Waals surface area contributed by atoms with E-state index < -0.39 is 0 Å². The molecule has 102 valence electrons. The average Bonchev–Trinajstić information content (AvgIpc) is 2.34. The third-order valence-electron chi connectivity index (χ3n) is 3.55. The molecule has 1 aromatic rings. The summed E-state index contributed by atoms with van der Waals surface area (Å²) in [5.41, 5.74) is 2.63. The first kappa shape index (κ1) is 15.7. The van der Waals surface area contributed by atoms with E-state index >= 15 is 0 Å². The normalized spacial score (nSPS) is 13.7. The van der Waals surface area contributed by atoms with Crippen LogP contribution in [0.2, 0.25) is 0 Å². The van der Waals surface area contributed by atoms with Gasteiger partial charge in [-0.15, -0.1) is 0 Å². The maximum atomic E-state index is 5.49. The number of benzene rings is 1. The number of hydrogen-bond acceptors (Lipinski definition) is 2. The number of halogens is 1. The van der Waals surface area contributed by atoms with E-state index in [9.17, 15) is 0 Å². The van der Waals surface area contributed by atoms with Gasteiger partial charge in [-0.1, -0.05) is 22.0 Å². The van der Waals surface area contributed by atoms with E-state index in [0.717, 1.165) is 17.3 Å². The maximum absolute atomic E-state index is 5.49. The second-order valence-corrected chi connectivity index (χ2v) is 6.26. The van der Waals surface area contributed by atoms with Gasteiger partial charge in [0.05, 0.1) is 5.60 Å². The zero-order valence-electron chi connectivity index (χ0n) is 12.0. The molecular weight excluding hydrogens is 290 g/mol. The molecular formula is C15H24BrNO. The number of ether oxygens (including phenoxy) is 1. The Hall–Kier alpha value is -0.380. The molecule has 0 aliphatic heterocycles. The van der Waals surface area contributed by atoms with Crippen LogP contribution in [0.4, 0.5) is 0 Å². The van der Waals surface area contributed by atoms with Gasteiger partial charge in [0.1, 0.15) is 0 Å². The van der Waals surface area contributed by atoms with Crippen molar-refractivity contribution in [2.24, 2.45) is 0 Å². The molecule has 1 atom stereocenters. The second-order valence-electron chi connectivity index (χ2n) is 5.34. The molecule has 0 amide bonds. The molecule has 0 aromatic heterocycles. The highest BCUT2D eigenvalue weighted by molar-refractivity contribution is 9.10. The monoisotopic (exact) mass is 313 g/mol. The standard InChI is InChI=1S/C15H24BrNO/c1-11-6-7-12(16)10-13(11)14(17-4)8-9-15(2,3)18-5/h6-7,10,14,17H,8-9H2,1-5H3. The lowest BCUT2D eigenvalue weighted by Crippen LogP contribution is -2.26. The van der Waals surface area contributed by atoms with E-state index in [1.54, 1.807) is 7.11 Å². The van der Waals surface area contributed by atoms with Gasteiger partial charge in [-0.2, -0.15) is 0 Å². The molecule has 0 saturated carbocycles. The molecule has 0 bridgehead atoms. The van der Waals surface area contributed by atoms with Crippen LogP contribution in [0.3, 0.4) is 0 Å². The summed E-state index contributed by atoms with van der Waals surface area (Å²) >= 11 is 3.55. The first-order valence-corrected chi connectivity index (χ1v) is 7.17. The molecule has 0 spiro atoms. The first-order chi connectivity index (χ1) is 8.39. The lowest BCUT2D eigenvalue weighted by molar-refractivity contribution is 0.0118. The molecule has 1 rings (SSSR count). The summed E-state index contributed by atoms with van der Waals surface area (Å²) in [4.78, 5) is 0. The highest BCUT2D eigenvalue weighted by Gasteiger charge is 2.20. The van der Waals surface area contributed by atoms with E-state index in [2.05, 4.69) is 60.2 Å². The lowest BCUT2D eigenvalue weighted by atomic mass is 9.93. The quantitative estimate of drug-likeness (QED) is 0.849. The van der Waals surface area contributed by atoms with Crippen molar-refractivity contribution in [1.29, 1.82) is 0 Å². The van der Waals surface area contributed by atoms with Crippen LogP contribution in [0, 0.1) is 6.92 Å². The van der Waals surface area contributed by atoms with Crippen molar-refractivity contribution in [2.45, 2.75) is 45.3 Å². The fraction of sp³-hybridized carbons (Fsp3) is 0.600. The fourth-order valence-electron chi connectivity index (χ4n) is 2.04. The highest BCUT2D eigenvalue weighted by Crippen LogP contribution is 2.28. The van der Waals surface area contributed by atoms with Crippen LogP contribution in [-0.2, 0) is 4.74 Å². The summed E-state index contributed by atoms with van der Waals surface area (Å²) in [5.74, 6) is 0. The molecule has 1 aromatic carbocycles. The Bertz CT molecular complexity index is 390. The predicted octanol–water partition coefficient (Wildman–Crippen LogP) is 4.22. The van der Waals surface area contributed by atoms with Crippen LogP contribution in [-0.4, -0.2) is 19.8 Å². The zero-order chi connectivity index (χ0) is 13.8. The van der Waals surface area contributed by atoms with Gasteiger partial charge in [0.2, 0.25) is 0 Å². The Kier molecular flexibility index (Phi) is 5.83. The lowest BCUT2D eigenvalue weighted by Gasteiger charge is -2.26. The summed E-state index contributed by atoms with van der Waals surface area (Å²) in [6, 6.07) is 6.82. The number of nitrogens with one attached hydrogen (secondary N) is 1. The van der Waals surface area contributed by atoms with Gasteiger partial charge in [0.25, 0.3) is 0 Å². The molecule has 3 heteroatoms. The SMILES string of the molecule is CNC(CCC(C)(C)OC)c1cc(Br)ccc1C. The van der Waals surface area contributed by atoms with Crippen LogP contribution in [0.1, 0.15) is 43.9 Å². The minimum Gasteiger partial charge on any atom is -0.379 e. The summed E-state index contributed by atoms with van der Waals surface area (Å²) < 4.78 is 6.62. The first-order valence-electron chi connectivity index (χ1n) is 6.38. The molecule has 0 aliphatic carbocycles. The van der Waals surface area contributed by atoms with Crippen molar-refractivity contribution in [3.63, 3.8) is 0 Å². The molecule has 2 nitrogen and oxygen atoms in total. The second kappa shape index (κ2) is 6.69. The smallest absolute Gasteiger partial charge is 0.0623 e. The fourth-order valence-corrected chi connectivity index (χ4v) is 2.41. The average molecular weight is 314 g/mol. The van der Waals surface area contributed by atoms with Crippen molar-refractivity contribution in [3.05, 3.63) is 33.8 Å². The number of hydrogen-bond donors (Lipinski definition) is 1. The zero-order valence-corrected chi connectivity index (χ0v) is 13.6. The maximum Gasteiger partial charge on any atom is 0.0623 e. The van der Waals surface area contributed by atoms with E-state index in [1.165, 1.54) is 11.1 Å². The largest absolute Gasteiger partial charge is 0.379 e. The van der Waals surface area contributed by atoms with E-state index in [0.29, 0.717) is 6.04 Å². The van der Waals surface area contributed by atoms with Crippen LogP contribution < -0.4 is 5.32 Å². The van der Waals surface area contributed by atoms with Crippen molar-refractivity contribution in [3.8, 4) is 0 Å². The van der Waals surface area contributed by atoms with Gasteiger partial charge < -0.3 is 10.1 Å². The van der Waals surface area contributed by atoms with Gasteiger partial charge in [-0.3, -0.25) is 0 Å². The molecule has 1 unspecified atom stereocenters. The molecule has 18 heavy (non-hydrogen) atoms. The van der Waals surface area contributed by atoms with Gasteiger partial charge in [0, 0.05) is 17.6 Å². The Morgan fingerprint density at radius 3 is 2.61 bits per heavy atom. The van der Waals surface area contributed by atoms with Crippen molar-refractivity contribution < 1.29 is 4.74 Å². The Labute approximate surface area is 119 Å². The van der Waals surface area contributed by atoms with Crippen molar-refractivity contribution >= 4 is 15.9 Å². The highest BCUT2D eigenvalue weighted by atomic mass is 79.9. The van der Waals surface area contributed by atoms with Gasteiger partial charge in [-0.25, -0.2) is 0 Å². The summed E-state index contributed by atoms with van der Waals surface area (Å²) in [7, 11) is 3.80.